The third-order valence-electron chi connectivity index (χ3n) is 1.75. The molecule has 0 heterocycles. The summed E-state index contributed by atoms with van der Waals surface area (Å²) in [4.78, 5) is 0. The van der Waals surface area contributed by atoms with Gasteiger partial charge in [0.05, 0.1) is 0 Å². The van der Waals surface area contributed by atoms with Crippen LogP contribution in [0.4, 0.5) is 0 Å². The van der Waals surface area contributed by atoms with Gasteiger partial charge in [0.25, 0.3) is 0 Å². The molecule has 0 nitrogen and oxygen atoms in total. The quantitative estimate of drug-likeness (QED) is 0.645. The highest BCUT2D eigenvalue weighted by Crippen LogP contribution is 2.22. The lowest BCUT2D eigenvalue weighted by molar-refractivity contribution is 1.38. The molecule has 0 aliphatic rings. The van der Waals surface area contributed by atoms with Crippen LogP contribution in [0.5, 0.6) is 0 Å². The maximum absolute atomic E-state index is 5.99. The van der Waals surface area contributed by atoms with Crippen molar-refractivity contribution in [1.82, 2.24) is 0 Å². The van der Waals surface area contributed by atoms with E-state index in [1.807, 2.05) is 31.2 Å². The molecular weight excluding hydrogens is 168 g/mol. The molecule has 0 fully saturated rings. The lowest BCUT2D eigenvalue weighted by Gasteiger charge is -2.02. The van der Waals surface area contributed by atoms with Gasteiger partial charge in [-0.15, -0.1) is 0 Å². The molecule has 63 valence electrons. The first-order valence-corrected chi connectivity index (χ1v) is 4.34. The SMILES string of the molecule is [CH2]C/C=C(/C)c1ccccc1Cl. The molecule has 0 aromatic heterocycles. The van der Waals surface area contributed by atoms with E-state index in [2.05, 4.69) is 13.0 Å². The van der Waals surface area contributed by atoms with Crippen LogP contribution in [0.25, 0.3) is 5.57 Å². The minimum absolute atomic E-state index is 0.803. The van der Waals surface area contributed by atoms with E-state index in [-0.39, 0.29) is 0 Å². The first kappa shape index (κ1) is 9.34. The second-order valence-corrected chi connectivity index (χ2v) is 3.06. The molecule has 0 N–H and O–H groups in total. The van der Waals surface area contributed by atoms with Crippen LogP contribution in [0, 0.1) is 6.92 Å². The molecule has 0 spiro atoms. The average molecular weight is 180 g/mol. The van der Waals surface area contributed by atoms with Gasteiger partial charge in [-0.2, -0.15) is 0 Å². The second-order valence-electron chi connectivity index (χ2n) is 2.66. The topological polar surface area (TPSA) is 0 Å². The Labute approximate surface area is 78.9 Å². The molecule has 0 atom stereocenters. The summed E-state index contributed by atoms with van der Waals surface area (Å²) in [5, 5.41) is 0.805. The molecule has 0 aliphatic carbocycles. The smallest absolute Gasteiger partial charge is 0.0480 e. The van der Waals surface area contributed by atoms with E-state index in [0.717, 1.165) is 17.0 Å². The van der Waals surface area contributed by atoms with E-state index >= 15 is 0 Å². The van der Waals surface area contributed by atoms with E-state index in [4.69, 9.17) is 11.6 Å². The molecule has 12 heavy (non-hydrogen) atoms. The normalized spacial score (nSPS) is 11.8. The van der Waals surface area contributed by atoms with Gasteiger partial charge in [-0.3, -0.25) is 0 Å². The number of halogens is 1. The molecule has 1 rings (SSSR count). The van der Waals surface area contributed by atoms with Crippen molar-refractivity contribution < 1.29 is 0 Å². The molecule has 0 saturated carbocycles. The summed E-state index contributed by atoms with van der Waals surface area (Å²) in [5.74, 6) is 0. The number of hydrogen-bond donors (Lipinski definition) is 0. The summed E-state index contributed by atoms with van der Waals surface area (Å²) >= 11 is 5.99. The van der Waals surface area contributed by atoms with Crippen LogP contribution in [0.15, 0.2) is 30.3 Å². The fourth-order valence-electron chi connectivity index (χ4n) is 1.11. The van der Waals surface area contributed by atoms with Crippen LogP contribution in [0.2, 0.25) is 5.02 Å². The predicted octanol–water partition coefficient (Wildman–Crippen LogP) is 3.97. The van der Waals surface area contributed by atoms with Crippen molar-refractivity contribution in [1.29, 1.82) is 0 Å². The first-order valence-electron chi connectivity index (χ1n) is 3.96. The zero-order valence-corrected chi connectivity index (χ0v) is 7.93. The molecule has 0 bridgehead atoms. The third kappa shape index (κ3) is 2.12. The van der Waals surface area contributed by atoms with Crippen LogP contribution in [0.1, 0.15) is 18.9 Å². The first-order chi connectivity index (χ1) is 5.75. The summed E-state index contributed by atoms with van der Waals surface area (Å²) in [7, 11) is 0. The summed E-state index contributed by atoms with van der Waals surface area (Å²) < 4.78 is 0. The number of benzene rings is 1. The summed E-state index contributed by atoms with van der Waals surface area (Å²) in [6.07, 6.45) is 2.87. The van der Waals surface area contributed by atoms with Crippen molar-refractivity contribution in [2.75, 3.05) is 0 Å². The predicted molar refractivity (Wildman–Crippen MR) is 55.1 cm³/mol. The lowest BCUT2D eigenvalue weighted by atomic mass is 10.1. The van der Waals surface area contributed by atoms with Crippen molar-refractivity contribution in [3.63, 3.8) is 0 Å². The Hall–Kier alpha value is -0.750. The average Bonchev–Trinajstić information content (AvgIpc) is 2.05. The zero-order valence-electron chi connectivity index (χ0n) is 7.18. The van der Waals surface area contributed by atoms with Crippen molar-refractivity contribution in [2.24, 2.45) is 0 Å². The minimum atomic E-state index is 0.803. The van der Waals surface area contributed by atoms with Gasteiger partial charge in [-0.05, 0) is 37.5 Å². The van der Waals surface area contributed by atoms with E-state index in [1.54, 1.807) is 0 Å². The van der Waals surface area contributed by atoms with Crippen LogP contribution in [-0.4, -0.2) is 0 Å². The summed E-state index contributed by atoms with van der Waals surface area (Å²) in [6.45, 7) is 5.81. The van der Waals surface area contributed by atoms with Crippen LogP contribution >= 0.6 is 11.6 Å². The van der Waals surface area contributed by atoms with Gasteiger partial charge in [0.1, 0.15) is 0 Å². The lowest BCUT2D eigenvalue weighted by Crippen LogP contribution is -1.80. The van der Waals surface area contributed by atoms with Gasteiger partial charge >= 0.3 is 0 Å². The molecule has 0 aliphatic heterocycles. The summed E-state index contributed by atoms with van der Waals surface area (Å²) in [5.41, 5.74) is 2.29. The monoisotopic (exact) mass is 179 g/mol. The van der Waals surface area contributed by atoms with Crippen LogP contribution in [-0.2, 0) is 0 Å². The maximum Gasteiger partial charge on any atom is 0.0480 e. The number of hydrogen-bond acceptors (Lipinski definition) is 0. The van der Waals surface area contributed by atoms with Crippen LogP contribution in [0.3, 0.4) is 0 Å². The van der Waals surface area contributed by atoms with E-state index in [0.29, 0.717) is 0 Å². The molecule has 1 aromatic rings. The molecule has 1 aromatic carbocycles. The fourth-order valence-corrected chi connectivity index (χ4v) is 1.39. The molecule has 0 amide bonds. The maximum atomic E-state index is 5.99. The summed E-state index contributed by atoms with van der Waals surface area (Å²) in [6, 6.07) is 7.84. The second kappa shape index (κ2) is 4.32. The van der Waals surface area contributed by atoms with E-state index in [1.165, 1.54) is 5.57 Å². The van der Waals surface area contributed by atoms with Crippen molar-refractivity contribution in [2.45, 2.75) is 13.3 Å². The van der Waals surface area contributed by atoms with Gasteiger partial charge in [-0.25, -0.2) is 0 Å². The Kier molecular flexibility index (Phi) is 3.36. The van der Waals surface area contributed by atoms with Gasteiger partial charge < -0.3 is 0 Å². The largest absolute Gasteiger partial charge is 0.0837 e. The Morgan fingerprint density at radius 3 is 2.75 bits per heavy atom. The van der Waals surface area contributed by atoms with Gasteiger partial charge in [-0.1, -0.05) is 35.9 Å². The molecule has 1 radical (unpaired) electrons. The minimum Gasteiger partial charge on any atom is -0.0837 e. The Bertz CT molecular complexity index is 287. The highest BCUT2D eigenvalue weighted by Gasteiger charge is 1.98. The standard InChI is InChI=1S/C11H12Cl/c1-3-6-9(2)10-7-4-5-8-11(10)12/h4-8H,1,3H2,2H3/b9-6-. The zero-order chi connectivity index (χ0) is 8.97. The number of allylic oxidation sites excluding steroid dienone is 2. The third-order valence-corrected chi connectivity index (χ3v) is 2.08. The van der Waals surface area contributed by atoms with Gasteiger partial charge in [0.15, 0.2) is 0 Å². The molecule has 0 unspecified atom stereocenters. The molecule has 0 saturated heterocycles. The van der Waals surface area contributed by atoms with Crippen molar-refractivity contribution in [3.05, 3.63) is 47.9 Å². The highest BCUT2D eigenvalue weighted by atomic mass is 35.5. The Morgan fingerprint density at radius 1 is 1.50 bits per heavy atom. The highest BCUT2D eigenvalue weighted by molar-refractivity contribution is 6.32. The van der Waals surface area contributed by atoms with Gasteiger partial charge in [0, 0.05) is 5.02 Å². The molecular formula is C11H12Cl. The van der Waals surface area contributed by atoms with Crippen molar-refractivity contribution in [3.8, 4) is 0 Å². The van der Waals surface area contributed by atoms with Gasteiger partial charge in [0.2, 0.25) is 0 Å². The molecule has 1 heteroatoms. The Morgan fingerprint density at radius 2 is 2.17 bits per heavy atom. The van der Waals surface area contributed by atoms with Crippen LogP contribution < -0.4 is 0 Å². The van der Waals surface area contributed by atoms with Crippen molar-refractivity contribution >= 4 is 17.2 Å². The fraction of sp³-hybridized carbons (Fsp3) is 0.182. The number of rotatable bonds is 2. The Balaban J connectivity index is 3.02. The van der Waals surface area contributed by atoms with E-state index < -0.39 is 0 Å². The van der Waals surface area contributed by atoms with E-state index in [9.17, 15) is 0 Å².